The summed E-state index contributed by atoms with van der Waals surface area (Å²) in [5, 5.41) is 0. The fourth-order valence-electron chi connectivity index (χ4n) is 1.98. The van der Waals surface area contributed by atoms with Crippen molar-refractivity contribution in [1.82, 2.24) is 0 Å². The van der Waals surface area contributed by atoms with Crippen LogP contribution in [-0.4, -0.2) is 6.61 Å². The molecule has 0 aliphatic carbocycles. The molecule has 1 aliphatic rings. The third kappa shape index (κ3) is 1.50. The number of ether oxygens (including phenoxy) is 1. The number of rotatable bonds is 1. The Kier molecular flexibility index (Phi) is 1.95. The Hall–Kier alpha value is -1.76. The Balaban J connectivity index is 2.07. The fourth-order valence-corrected chi connectivity index (χ4v) is 1.98. The van der Waals surface area contributed by atoms with Gasteiger partial charge in [-0.15, -0.1) is 0 Å². The molecule has 0 aromatic heterocycles. The summed E-state index contributed by atoms with van der Waals surface area (Å²) < 4.78 is 5.56. The zero-order valence-electron chi connectivity index (χ0n) is 8.44. The van der Waals surface area contributed by atoms with Crippen molar-refractivity contribution >= 4 is 0 Å². The summed E-state index contributed by atoms with van der Waals surface area (Å²) in [5.41, 5.74) is 3.81. The average Bonchev–Trinajstić information content (AvgIpc) is 2.77. The molecule has 3 rings (SSSR count). The first-order valence-corrected chi connectivity index (χ1v) is 5.25. The molecule has 1 nitrogen and oxygen atoms in total. The van der Waals surface area contributed by atoms with Crippen molar-refractivity contribution in [3.8, 4) is 16.9 Å². The van der Waals surface area contributed by atoms with E-state index in [4.69, 9.17) is 4.74 Å². The highest BCUT2D eigenvalue weighted by Crippen LogP contribution is 2.30. The molecule has 0 amide bonds. The lowest BCUT2D eigenvalue weighted by Crippen LogP contribution is -1.86. The van der Waals surface area contributed by atoms with Gasteiger partial charge in [0, 0.05) is 6.42 Å². The normalized spacial score (nSPS) is 13.3. The third-order valence-corrected chi connectivity index (χ3v) is 2.80. The number of hydrogen-bond donors (Lipinski definition) is 0. The molecule has 0 radical (unpaired) electrons. The summed E-state index contributed by atoms with van der Waals surface area (Å²) in [4.78, 5) is 0. The highest BCUT2D eigenvalue weighted by molar-refractivity contribution is 5.66. The molecule has 74 valence electrons. The number of benzene rings is 2. The second kappa shape index (κ2) is 3.43. The van der Waals surface area contributed by atoms with Crippen LogP contribution in [-0.2, 0) is 6.42 Å². The molecule has 1 heteroatoms. The molecule has 0 spiro atoms. The van der Waals surface area contributed by atoms with E-state index in [0.717, 1.165) is 18.8 Å². The van der Waals surface area contributed by atoms with Crippen LogP contribution in [0.4, 0.5) is 0 Å². The quantitative estimate of drug-likeness (QED) is 0.680. The fraction of sp³-hybridized carbons (Fsp3) is 0.143. The Morgan fingerprint density at radius 3 is 2.60 bits per heavy atom. The van der Waals surface area contributed by atoms with Gasteiger partial charge in [-0.2, -0.15) is 0 Å². The number of hydrogen-bond acceptors (Lipinski definition) is 1. The van der Waals surface area contributed by atoms with Crippen molar-refractivity contribution in [3.63, 3.8) is 0 Å². The zero-order valence-corrected chi connectivity index (χ0v) is 8.44. The molecule has 0 unspecified atom stereocenters. The lowest BCUT2D eigenvalue weighted by molar-refractivity contribution is 0.357. The van der Waals surface area contributed by atoms with Crippen molar-refractivity contribution in [2.75, 3.05) is 6.61 Å². The molecule has 1 heterocycles. The predicted molar refractivity (Wildman–Crippen MR) is 61.1 cm³/mol. The van der Waals surface area contributed by atoms with Crippen molar-refractivity contribution < 1.29 is 4.74 Å². The van der Waals surface area contributed by atoms with Gasteiger partial charge in [-0.1, -0.05) is 42.5 Å². The summed E-state index contributed by atoms with van der Waals surface area (Å²) in [6.07, 6.45) is 1.05. The Morgan fingerprint density at radius 1 is 0.867 bits per heavy atom. The van der Waals surface area contributed by atoms with Gasteiger partial charge in [-0.3, -0.25) is 0 Å². The van der Waals surface area contributed by atoms with Gasteiger partial charge in [-0.05, 0) is 22.8 Å². The SMILES string of the molecule is c1ccc(-c2ccc3c(c2)OCC3)cc1. The maximum absolute atomic E-state index is 5.56. The highest BCUT2D eigenvalue weighted by atomic mass is 16.5. The summed E-state index contributed by atoms with van der Waals surface area (Å²) in [7, 11) is 0. The highest BCUT2D eigenvalue weighted by Gasteiger charge is 2.12. The lowest BCUT2D eigenvalue weighted by atomic mass is 10.0. The Morgan fingerprint density at radius 2 is 1.73 bits per heavy atom. The second-order valence-corrected chi connectivity index (χ2v) is 3.79. The van der Waals surface area contributed by atoms with Gasteiger partial charge in [0.2, 0.25) is 0 Å². The average molecular weight is 196 g/mol. The minimum atomic E-state index is 0.827. The Bertz CT molecular complexity index is 474. The van der Waals surface area contributed by atoms with Gasteiger partial charge in [-0.25, -0.2) is 0 Å². The van der Waals surface area contributed by atoms with Gasteiger partial charge < -0.3 is 4.74 Å². The van der Waals surface area contributed by atoms with E-state index in [-0.39, 0.29) is 0 Å². The maximum Gasteiger partial charge on any atom is 0.123 e. The lowest BCUT2D eigenvalue weighted by Gasteiger charge is -2.04. The minimum Gasteiger partial charge on any atom is -0.493 e. The van der Waals surface area contributed by atoms with Gasteiger partial charge in [0.25, 0.3) is 0 Å². The van der Waals surface area contributed by atoms with E-state index in [9.17, 15) is 0 Å². The first kappa shape index (κ1) is 8.54. The van der Waals surface area contributed by atoms with Crippen LogP contribution in [0.5, 0.6) is 5.75 Å². The van der Waals surface area contributed by atoms with Crippen molar-refractivity contribution in [2.45, 2.75) is 6.42 Å². The molecule has 0 saturated heterocycles. The van der Waals surface area contributed by atoms with E-state index in [1.165, 1.54) is 16.7 Å². The van der Waals surface area contributed by atoms with Gasteiger partial charge >= 0.3 is 0 Å². The van der Waals surface area contributed by atoms with E-state index in [1.54, 1.807) is 0 Å². The molecule has 15 heavy (non-hydrogen) atoms. The molecule has 2 aromatic rings. The van der Waals surface area contributed by atoms with E-state index >= 15 is 0 Å². The van der Waals surface area contributed by atoms with Crippen molar-refractivity contribution in [2.24, 2.45) is 0 Å². The van der Waals surface area contributed by atoms with Gasteiger partial charge in [0.15, 0.2) is 0 Å². The monoisotopic (exact) mass is 196 g/mol. The molecule has 1 aliphatic heterocycles. The molecular weight excluding hydrogens is 184 g/mol. The van der Waals surface area contributed by atoms with Crippen LogP contribution >= 0.6 is 0 Å². The molecule has 0 N–H and O–H groups in total. The van der Waals surface area contributed by atoms with Crippen LogP contribution in [0.2, 0.25) is 0 Å². The molecule has 2 aromatic carbocycles. The van der Waals surface area contributed by atoms with Crippen LogP contribution in [0, 0.1) is 0 Å². The molecule has 0 fully saturated rings. The van der Waals surface area contributed by atoms with Crippen LogP contribution in [0.3, 0.4) is 0 Å². The maximum atomic E-state index is 5.56. The minimum absolute atomic E-state index is 0.827. The van der Waals surface area contributed by atoms with E-state index in [2.05, 4.69) is 42.5 Å². The Labute approximate surface area is 89.3 Å². The smallest absolute Gasteiger partial charge is 0.123 e. The summed E-state index contributed by atoms with van der Waals surface area (Å²) in [6, 6.07) is 16.9. The van der Waals surface area contributed by atoms with Crippen LogP contribution < -0.4 is 4.74 Å². The first-order valence-electron chi connectivity index (χ1n) is 5.25. The topological polar surface area (TPSA) is 9.23 Å². The van der Waals surface area contributed by atoms with Crippen molar-refractivity contribution in [3.05, 3.63) is 54.1 Å². The van der Waals surface area contributed by atoms with Crippen LogP contribution in [0.25, 0.3) is 11.1 Å². The largest absolute Gasteiger partial charge is 0.493 e. The van der Waals surface area contributed by atoms with E-state index in [0.29, 0.717) is 0 Å². The van der Waals surface area contributed by atoms with Gasteiger partial charge in [0.1, 0.15) is 5.75 Å². The third-order valence-electron chi connectivity index (χ3n) is 2.80. The zero-order chi connectivity index (χ0) is 10.1. The molecule has 0 saturated carbocycles. The van der Waals surface area contributed by atoms with Crippen molar-refractivity contribution in [1.29, 1.82) is 0 Å². The van der Waals surface area contributed by atoms with Crippen LogP contribution in [0.15, 0.2) is 48.5 Å². The predicted octanol–water partition coefficient (Wildman–Crippen LogP) is 3.29. The number of fused-ring (bicyclic) bond motifs is 1. The summed E-state index contributed by atoms with van der Waals surface area (Å²) in [6.45, 7) is 0.827. The standard InChI is InChI=1S/C14H12O/c1-2-4-11(5-3-1)13-7-6-12-8-9-15-14(12)10-13/h1-7,10H,8-9H2. The van der Waals surface area contributed by atoms with E-state index in [1.807, 2.05) is 6.07 Å². The summed E-state index contributed by atoms with van der Waals surface area (Å²) in [5.74, 6) is 1.05. The second-order valence-electron chi connectivity index (χ2n) is 3.79. The van der Waals surface area contributed by atoms with Gasteiger partial charge in [0.05, 0.1) is 6.61 Å². The molecule has 0 atom stereocenters. The molecule has 0 bridgehead atoms. The first-order chi connectivity index (χ1) is 7.43. The molecular formula is C14H12O. The van der Waals surface area contributed by atoms with Crippen LogP contribution in [0.1, 0.15) is 5.56 Å². The summed E-state index contributed by atoms with van der Waals surface area (Å²) >= 11 is 0. The van der Waals surface area contributed by atoms with E-state index < -0.39 is 0 Å².